The molecule has 0 aliphatic heterocycles. The van der Waals surface area contributed by atoms with Crippen LogP contribution >= 0.6 is 0 Å². The molecule has 20 heavy (non-hydrogen) atoms. The second-order valence-corrected chi connectivity index (χ2v) is 5.36. The summed E-state index contributed by atoms with van der Waals surface area (Å²) in [6, 6.07) is 18.7. The van der Waals surface area contributed by atoms with Crippen molar-refractivity contribution in [1.29, 1.82) is 0 Å². The first-order valence-corrected chi connectivity index (χ1v) is 7.21. The Hall–Kier alpha value is -1.96. The van der Waals surface area contributed by atoms with Gasteiger partial charge in [0.15, 0.2) is 0 Å². The molecule has 1 atom stereocenters. The van der Waals surface area contributed by atoms with Crippen LogP contribution < -0.4 is 10.1 Å². The standard InChI is InChI=1S/C18H23NO/c1-14(2)20-18-12-8-7-11-17(18)19-13-15(3)16-9-5-4-6-10-16/h4-12,14-15,19H,13H2,1-3H3. The van der Waals surface area contributed by atoms with Gasteiger partial charge in [0, 0.05) is 6.54 Å². The Kier molecular flexibility index (Phi) is 5.05. The molecule has 1 N–H and O–H groups in total. The SMILES string of the molecule is CC(C)Oc1ccccc1NCC(C)c1ccccc1. The van der Waals surface area contributed by atoms with Gasteiger partial charge in [-0.15, -0.1) is 0 Å². The van der Waals surface area contributed by atoms with Crippen LogP contribution in [-0.2, 0) is 0 Å². The summed E-state index contributed by atoms with van der Waals surface area (Å²) in [6.07, 6.45) is 0.185. The van der Waals surface area contributed by atoms with Gasteiger partial charge in [0.25, 0.3) is 0 Å². The van der Waals surface area contributed by atoms with E-state index >= 15 is 0 Å². The maximum absolute atomic E-state index is 5.82. The van der Waals surface area contributed by atoms with Crippen LogP contribution in [0.3, 0.4) is 0 Å². The maximum Gasteiger partial charge on any atom is 0.142 e. The molecular formula is C18H23NO. The Morgan fingerprint density at radius 3 is 2.25 bits per heavy atom. The summed E-state index contributed by atoms with van der Waals surface area (Å²) in [7, 11) is 0. The highest BCUT2D eigenvalue weighted by atomic mass is 16.5. The molecule has 0 amide bonds. The molecule has 0 radical (unpaired) electrons. The van der Waals surface area contributed by atoms with Crippen molar-refractivity contribution < 1.29 is 4.74 Å². The molecule has 0 fully saturated rings. The fourth-order valence-corrected chi connectivity index (χ4v) is 2.13. The lowest BCUT2D eigenvalue weighted by atomic mass is 10.0. The van der Waals surface area contributed by atoms with E-state index in [9.17, 15) is 0 Å². The van der Waals surface area contributed by atoms with Crippen molar-refractivity contribution >= 4 is 5.69 Å². The first-order chi connectivity index (χ1) is 9.66. The Bertz CT molecular complexity index is 522. The third-order valence-corrected chi connectivity index (χ3v) is 3.22. The van der Waals surface area contributed by atoms with E-state index in [4.69, 9.17) is 4.74 Å². The van der Waals surface area contributed by atoms with Gasteiger partial charge in [-0.3, -0.25) is 0 Å². The molecule has 0 aliphatic rings. The summed E-state index contributed by atoms with van der Waals surface area (Å²) in [6.45, 7) is 7.21. The van der Waals surface area contributed by atoms with Crippen molar-refractivity contribution in [2.24, 2.45) is 0 Å². The van der Waals surface area contributed by atoms with Gasteiger partial charge in [-0.25, -0.2) is 0 Å². The maximum atomic E-state index is 5.82. The monoisotopic (exact) mass is 269 g/mol. The summed E-state index contributed by atoms with van der Waals surface area (Å²) in [5, 5.41) is 3.49. The number of benzene rings is 2. The average molecular weight is 269 g/mol. The van der Waals surface area contributed by atoms with E-state index in [-0.39, 0.29) is 6.10 Å². The van der Waals surface area contributed by atoms with Crippen molar-refractivity contribution in [2.45, 2.75) is 32.8 Å². The molecule has 0 aromatic heterocycles. The van der Waals surface area contributed by atoms with Crippen LogP contribution in [0.25, 0.3) is 0 Å². The van der Waals surface area contributed by atoms with E-state index in [1.54, 1.807) is 0 Å². The van der Waals surface area contributed by atoms with Crippen LogP contribution in [0.4, 0.5) is 5.69 Å². The quantitative estimate of drug-likeness (QED) is 0.821. The molecular weight excluding hydrogens is 246 g/mol. The van der Waals surface area contributed by atoms with Gasteiger partial charge in [0.05, 0.1) is 11.8 Å². The van der Waals surface area contributed by atoms with Gasteiger partial charge in [0.2, 0.25) is 0 Å². The zero-order chi connectivity index (χ0) is 14.4. The molecule has 2 aromatic rings. The lowest BCUT2D eigenvalue weighted by Gasteiger charge is -2.18. The third-order valence-electron chi connectivity index (χ3n) is 3.22. The highest BCUT2D eigenvalue weighted by Crippen LogP contribution is 2.26. The summed E-state index contributed by atoms with van der Waals surface area (Å²) < 4.78 is 5.82. The van der Waals surface area contributed by atoms with Crippen LogP contribution in [-0.4, -0.2) is 12.6 Å². The first-order valence-electron chi connectivity index (χ1n) is 7.21. The third kappa shape index (κ3) is 4.02. The minimum absolute atomic E-state index is 0.185. The molecule has 2 aromatic carbocycles. The molecule has 1 unspecified atom stereocenters. The van der Waals surface area contributed by atoms with E-state index in [1.165, 1.54) is 5.56 Å². The van der Waals surface area contributed by atoms with Crippen molar-refractivity contribution in [3.05, 3.63) is 60.2 Å². The predicted molar refractivity (Wildman–Crippen MR) is 85.6 cm³/mol. The largest absolute Gasteiger partial charge is 0.489 e. The molecule has 2 nitrogen and oxygen atoms in total. The number of hydrogen-bond donors (Lipinski definition) is 1. The van der Waals surface area contributed by atoms with E-state index in [2.05, 4.69) is 48.6 Å². The van der Waals surface area contributed by atoms with Crippen molar-refractivity contribution in [1.82, 2.24) is 0 Å². The highest BCUT2D eigenvalue weighted by molar-refractivity contribution is 5.56. The van der Waals surface area contributed by atoms with Crippen LogP contribution in [0, 0.1) is 0 Å². The molecule has 106 valence electrons. The Morgan fingerprint density at radius 1 is 0.900 bits per heavy atom. The molecule has 2 rings (SSSR count). The molecule has 2 heteroatoms. The van der Waals surface area contributed by atoms with E-state index < -0.39 is 0 Å². The van der Waals surface area contributed by atoms with E-state index in [0.29, 0.717) is 5.92 Å². The molecule has 0 aliphatic carbocycles. The Balaban J connectivity index is 2.00. The number of nitrogens with one attached hydrogen (secondary N) is 1. The average Bonchev–Trinajstić information content (AvgIpc) is 2.46. The van der Waals surface area contributed by atoms with E-state index in [1.807, 2.05) is 32.0 Å². The summed E-state index contributed by atoms with van der Waals surface area (Å²) in [4.78, 5) is 0. The van der Waals surface area contributed by atoms with Crippen LogP contribution in [0.15, 0.2) is 54.6 Å². The lowest BCUT2D eigenvalue weighted by molar-refractivity contribution is 0.243. The second kappa shape index (κ2) is 6.99. The molecule has 0 heterocycles. The fourth-order valence-electron chi connectivity index (χ4n) is 2.13. The minimum atomic E-state index is 0.185. The van der Waals surface area contributed by atoms with Gasteiger partial charge < -0.3 is 10.1 Å². The second-order valence-electron chi connectivity index (χ2n) is 5.36. The smallest absolute Gasteiger partial charge is 0.142 e. The Morgan fingerprint density at radius 2 is 1.55 bits per heavy atom. The zero-order valence-electron chi connectivity index (χ0n) is 12.5. The van der Waals surface area contributed by atoms with Gasteiger partial charge in [-0.05, 0) is 37.5 Å². The normalized spacial score (nSPS) is 12.2. The van der Waals surface area contributed by atoms with Crippen molar-refractivity contribution in [3.8, 4) is 5.75 Å². The summed E-state index contributed by atoms with van der Waals surface area (Å²) >= 11 is 0. The number of para-hydroxylation sites is 2. The zero-order valence-corrected chi connectivity index (χ0v) is 12.5. The number of ether oxygens (including phenoxy) is 1. The number of anilines is 1. The predicted octanol–water partition coefficient (Wildman–Crippen LogP) is 4.69. The highest BCUT2D eigenvalue weighted by Gasteiger charge is 2.08. The van der Waals surface area contributed by atoms with Gasteiger partial charge in [0.1, 0.15) is 5.75 Å². The first kappa shape index (κ1) is 14.4. The number of hydrogen-bond acceptors (Lipinski definition) is 2. The minimum Gasteiger partial charge on any atom is -0.489 e. The summed E-state index contributed by atoms with van der Waals surface area (Å²) in [5.74, 6) is 1.38. The van der Waals surface area contributed by atoms with Crippen molar-refractivity contribution in [3.63, 3.8) is 0 Å². The van der Waals surface area contributed by atoms with Crippen LogP contribution in [0.2, 0.25) is 0 Å². The summed E-state index contributed by atoms with van der Waals surface area (Å²) in [5.41, 5.74) is 2.41. The molecule has 0 spiro atoms. The van der Waals surface area contributed by atoms with E-state index in [0.717, 1.165) is 18.0 Å². The fraction of sp³-hybridized carbons (Fsp3) is 0.333. The molecule has 0 saturated heterocycles. The van der Waals surface area contributed by atoms with Gasteiger partial charge >= 0.3 is 0 Å². The van der Waals surface area contributed by atoms with Gasteiger partial charge in [-0.2, -0.15) is 0 Å². The lowest BCUT2D eigenvalue weighted by Crippen LogP contribution is -2.12. The number of rotatable bonds is 6. The molecule has 0 bridgehead atoms. The van der Waals surface area contributed by atoms with Crippen molar-refractivity contribution in [2.75, 3.05) is 11.9 Å². The van der Waals surface area contributed by atoms with Gasteiger partial charge in [-0.1, -0.05) is 49.4 Å². The Labute approximate surface area is 121 Å². The topological polar surface area (TPSA) is 21.3 Å². The molecule has 0 saturated carbocycles. The van der Waals surface area contributed by atoms with Crippen LogP contribution in [0.1, 0.15) is 32.3 Å². The van der Waals surface area contributed by atoms with Crippen LogP contribution in [0.5, 0.6) is 5.75 Å².